The molecule has 94 valence electrons. The summed E-state index contributed by atoms with van der Waals surface area (Å²) < 4.78 is 5.68. The lowest BCUT2D eigenvalue weighted by molar-refractivity contribution is 0.181. The van der Waals surface area contributed by atoms with Gasteiger partial charge in [0.25, 0.3) is 0 Å². The van der Waals surface area contributed by atoms with Gasteiger partial charge in [0.05, 0.1) is 6.10 Å². The molecule has 0 spiro atoms. The maximum absolute atomic E-state index is 9.89. The lowest BCUT2D eigenvalue weighted by Gasteiger charge is -2.14. The number of halogens is 1. The minimum atomic E-state index is -0.504. The summed E-state index contributed by atoms with van der Waals surface area (Å²) in [4.78, 5) is 0.0263. The Bertz CT molecular complexity index is 480. The molecule has 0 saturated heterocycles. The first kappa shape index (κ1) is 13.1. The van der Waals surface area contributed by atoms with Crippen molar-refractivity contribution in [2.75, 3.05) is 0 Å². The maximum atomic E-state index is 9.89. The van der Waals surface area contributed by atoms with Crippen LogP contribution < -0.4 is 4.74 Å². The molecule has 0 saturated carbocycles. The number of alkyl halides is 1. The summed E-state index contributed by atoms with van der Waals surface area (Å²) in [5.74, 6) is 1.57. The van der Waals surface area contributed by atoms with Gasteiger partial charge in [-0.15, -0.1) is 0 Å². The predicted octanol–water partition coefficient (Wildman–Crippen LogP) is 4.30. The fraction of sp³-hybridized carbons (Fsp3) is 0.200. The third-order valence-electron chi connectivity index (χ3n) is 2.64. The molecule has 0 radical (unpaired) electrons. The fourth-order valence-corrected chi connectivity index (χ4v) is 1.93. The summed E-state index contributed by atoms with van der Waals surface area (Å²) in [5, 5.41) is 9.89. The number of para-hydroxylation sites is 1. The van der Waals surface area contributed by atoms with E-state index in [1.807, 2.05) is 61.5 Å². The van der Waals surface area contributed by atoms with Crippen LogP contribution in [0.1, 0.15) is 18.6 Å². The average Bonchev–Trinajstić information content (AvgIpc) is 2.40. The molecule has 2 aromatic rings. The number of ether oxygens (including phenoxy) is 1. The Labute approximate surface area is 115 Å². The zero-order valence-corrected chi connectivity index (χ0v) is 11.7. The van der Waals surface area contributed by atoms with E-state index < -0.39 is 6.10 Å². The van der Waals surface area contributed by atoms with Gasteiger partial charge in [0.15, 0.2) is 0 Å². The molecule has 0 fully saturated rings. The molecule has 2 atom stereocenters. The monoisotopic (exact) mass is 306 g/mol. The number of benzene rings is 2. The van der Waals surface area contributed by atoms with E-state index in [1.54, 1.807) is 0 Å². The van der Waals surface area contributed by atoms with Crippen LogP contribution in [0, 0.1) is 0 Å². The van der Waals surface area contributed by atoms with Gasteiger partial charge >= 0.3 is 0 Å². The predicted molar refractivity (Wildman–Crippen MR) is 76.3 cm³/mol. The van der Waals surface area contributed by atoms with Crippen molar-refractivity contribution in [3.05, 3.63) is 60.2 Å². The van der Waals surface area contributed by atoms with Crippen molar-refractivity contribution in [3.8, 4) is 11.5 Å². The number of rotatable bonds is 4. The summed E-state index contributed by atoms with van der Waals surface area (Å²) >= 11 is 3.37. The van der Waals surface area contributed by atoms with Crippen LogP contribution in [-0.2, 0) is 0 Å². The molecule has 2 unspecified atom stereocenters. The van der Waals surface area contributed by atoms with Gasteiger partial charge in [0.2, 0.25) is 0 Å². The van der Waals surface area contributed by atoms with Crippen LogP contribution >= 0.6 is 15.9 Å². The molecule has 0 aliphatic heterocycles. The molecule has 1 N–H and O–H groups in total. The van der Waals surface area contributed by atoms with Crippen LogP contribution in [0.4, 0.5) is 0 Å². The molecule has 2 rings (SSSR count). The number of hydrogen-bond donors (Lipinski definition) is 1. The third kappa shape index (κ3) is 3.34. The SMILES string of the molecule is CC(Br)C(O)c1ccc(Oc2ccccc2)cc1. The van der Waals surface area contributed by atoms with Crippen LogP contribution in [0.25, 0.3) is 0 Å². The Morgan fingerprint density at radius 1 is 0.944 bits per heavy atom. The van der Waals surface area contributed by atoms with Gasteiger partial charge in [-0.1, -0.05) is 46.3 Å². The van der Waals surface area contributed by atoms with E-state index in [0.29, 0.717) is 0 Å². The molecule has 0 heterocycles. The minimum Gasteiger partial charge on any atom is -0.457 e. The molecule has 0 bridgehead atoms. The molecule has 0 amide bonds. The van der Waals surface area contributed by atoms with Crippen LogP contribution in [0.15, 0.2) is 54.6 Å². The van der Waals surface area contributed by atoms with E-state index in [1.165, 1.54) is 0 Å². The molecule has 0 aromatic heterocycles. The molecular formula is C15H15BrO2. The average molecular weight is 307 g/mol. The molecule has 3 heteroatoms. The second kappa shape index (κ2) is 6.03. The van der Waals surface area contributed by atoms with E-state index in [2.05, 4.69) is 15.9 Å². The third-order valence-corrected chi connectivity index (χ3v) is 3.14. The van der Waals surface area contributed by atoms with E-state index in [-0.39, 0.29) is 4.83 Å². The topological polar surface area (TPSA) is 29.5 Å². The Morgan fingerprint density at radius 2 is 1.50 bits per heavy atom. The minimum absolute atomic E-state index is 0.0263. The summed E-state index contributed by atoms with van der Waals surface area (Å²) in [6, 6.07) is 17.1. The molecule has 0 aliphatic carbocycles. The summed E-state index contributed by atoms with van der Waals surface area (Å²) in [7, 11) is 0. The van der Waals surface area contributed by atoms with Crippen molar-refractivity contribution in [2.24, 2.45) is 0 Å². The van der Waals surface area contributed by atoms with Gasteiger partial charge in [0.1, 0.15) is 11.5 Å². The van der Waals surface area contributed by atoms with Gasteiger partial charge in [-0.3, -0.25) is 0 Å². The van der Waals surface area contributed by atoms with Crippen molar-refractivity contribution in [3.63, 3.8) is 0 Å². The van der Waals surface area contributed by atoms with Crippen LogP contribution in [-0.4, -0.2) is 9.93 Å². The highest BCUT2D eigenvalue weighted by Gasteiger charge is 2.12. The first-order chi connectivity index (χ1) is 8.66. The van der Waals surface area contributed by atoms with Gasteiger partial charge in [0, 0.05) is 4.83 Å². The summed E-state index contributed by atoms with van der Waals surface area (Å²) in [6.45, 7) is 1.92. The normalized spacial score (nSPS) is 13.9. The van der Waals surface area contributed by atoms with Crippen molar-refractivity contribution < 1.29 is 9.84 Å². The fourth-order valence-electron chi connectivity index (χ4n) is 1.62. The molecule has 0 aliphatic rings. The highest BCUT2D eigenvalue weighted by molar-refractivity contribution is 9.09. The maximum Gasteiger partial charge on any atom is 0.127 e. The standard InChI is InChI=1S/C15H15BrO2/c1-11(16)15(17)12-7-9-14(10-8-12)18-13-5-3-2-4-6-13/h2-11,15,17H,1H3. The summed E-state index contributed by atoms with van der Waals surface area (Å²) in [6.07, 6.45) is -0.504. The number of aliphatic hydroxyl groups is 1. The van der Waals surface area contributed by atoms with E-state index in [9.17, 15) is 5.11 Å². The van der Waals surface area contributed by atoms with Crippen LogP contribution in [0.5, 0.6) is 11.5 Å². The highest BCUT2D eigenvalue weighted by atomic mass is 79.9. The van der Waals surface area contributed by atoms with Crippen molar-refractivity contribution in [2.45, 2.75) is 17.9 Å². The van der Waals surface area contributed by atoms with E-state index in [4.69, 9.17) is 4.74 Å². The van der Waals surface area contributed by atoms with Crippen LogP contribution in [0.3, 0.4) is 0 Å². The Kier molecular flexibility index (Phi) is 4.39. The van der Waals surface area contributed by atoms with E-state index in [0.717, 1.165) is 17.1 Å². The number of hydrogen-bond acceptors (Lipinski definition) is 2. The Balaban J connectivity index is 2.09. The van der Waals surface area contributed by atoms with Gasteiger partial charge in [-0.05, 0) is 36.8 Å². The van der Waals surface area contributed by atoms with Gasteiger partial charge < -0.3 is 9.84 Å². The Hall–Kier alpha value is -1.32. The Morgan fingerprint density at radius 3 is 2.06 bits per heavy atom. The molecule has 2 aromatic carbocycles. The van der Waals surface area contributed by atoms with Crippen molar-refractivity contribution >= 4 is 15.9 Å². The first-order valence-electron chi connectivity index (χ1n) is 5.82. The molecular weight excluding hydrogens is 292 g/mol. The van der Waals surface area contributed by atoms with Gasteiger partial charge in [-0.2, -0.15) is 0 Å². The van der Waals surface area contributed by atoms with Gasteiger partial charge in [-0.25, -0.2) is 0 Å². The van der Waals surface area contributed by atoms with E-state index >= 15 is 0 Å². The smallest absolute Gasteiger partial charge is 0.127 e. The molecule has 2 nitrogen and oxygen atoms in total. The lowest BCUT2D eigenvalue weighted by Crippen LogP contribution is -2.07. The zero-order chi connectivity index (χ0) is 13.0. The number of aliphatic hydroxyl groups excluding tert-OH is 1. The second-order valence-corrected chi connectivity index (χ2v) is 5.55. The largest absolute Gasteiger partial charge is 0.457 e. The summed E-state index contributed by atoms with van der Waals surface area (Å²) in [5.41, 5.74) is 0.875. The molecule has 18 heavy (non-hydrogen) atoms. The zero-order valence-electron chi connectivity index (χ0n) is 10.1. The van der Waals surface area contributed by atoms with Crippen molar-refractivity contribution in [1.29, 1.82) is 0 Å². The quantitative estimate of drug-likeness (QED) is 0.854. The van der Waals surface area contributed by atoms with Crippen LogP contribution in [0.2, 0.25) is 0 Å². The first-order valence-corrected chi connectivity index (χ1v) is 6.73. The second-order valence-electron chi connectivity index (χ2n) is 4.11. The highest BCUT2D eigenvalue weighted by Crippen LogP contribution is 2.26. The lowest BCUT2D eigenvalue weighted by atomic mass is 10.1. The van der Waals surface area contributed by atoms with Crippen molar-refractivity contribution in [1.82, 2.24) is 0 Å².